The van der Waals surface area contributed by atoms with Gasteiger partial charge < -0.3 is 29.6 Å². The van der Waals surface area contributed by atoms with Gasteiger partial charge in [0.05, 0.1) is 12.6 Å². The van der Waals surface area contributed by atoms with Crippen molar-refractivity contribution in [1.82, 2.24) is 10.6 Å². The van der Waals surface area contributed by atoms with E-state index in [2.05, 4.69) is 17.2 Å². The molecule has 7 nitrogen and oxygen atoms in total. The van der Waals surface area contributed by atoms with Crippen molar-refractivity contribution in [3.8, 4) is 11.5 Å². The predicted octanol–water partition coefficient (Wildman–Crippen LogP) is 1.25. The number of hydrogen-bond acceptors (Lipinski definition) is 6. The van der Waals surface area contributed by atoms with Crippen molar-refractivity contribution in [3.63, 3.8) is 0 Å². The van der Waals surface area contributed by atoms with Gasteiger partial charge in [-0.05, 0) is 29.9 Å². The third-order valence-electron chi connectivity index (χ3n) is 3.81. The molecule has 1 aromatic rings. The maximum atomic E-state index is 12.5. The predicted molar refractivity (Wildman–Crippen MR) is 89.6 cm³/mol. The molecule has 1 saturated heterocycles. The van der Waals surface area contributed by atoms with Gasteiger partial charge in [-0.2, -0.15) is 0 Å². The molecule has 1 aromatic carbocycles. The highest BCUT2D eigenvalue weighted by atomic mass is 32.1. The largest absolute Gasteiger partial charge is 0.463 e. The SMILES string of the molecule is C=C1NC(=S)N[C@@H](c2ccc3c(c2)OCO3)[C@H]1C(=O)OCCOC. The summed E-state index contributed by atoms with van der Waals surface area (Å²) in [4.78, 5) is 12.5. The number of fused-ring (bicyclic) bond motifs is 1. The fourth-order valence-corrected chi connectivity index (χ4v) is 2.92. The first kappa shape index (κ1) is 16.5. The van der Waals surface area contributed by atoms with E-state index < -0.39 is 17.9 Å². The van der Waals surface area contributed by atoms with Crippen LogP contribution in [0.15, 0.2) is 30.5 Å². The molecule has 2 atom stereocenters. The van der Waals surface area contributed by atoms with Crippen LogP contribution in [-0.2, 0) is 14.3 Å². The quantitative estimate of drug-likeness (QED) is 0.467. The first-order valence-electron chi connectivity index (χ1n) is 7.41. The van der Waals surface area contributed by atoms with Crippen LogP contribution in [0, 0.1) is 5.92 Å². The van der Waals surface area contributed by atoms with Crippen LogP contribution in [0.2, 0.25) is 0 Å². The lowest BCUT2D eigenvalue weighted by atomic mass is 9.89. The van der Waals surface area contributed by atoms with Crippen LogP contribution in [-0.4, -0.2) is 38.2 Å². The van der Waals surface area contributed by atoms with Gasteiger partial charge in [0.2, 0.25) is 6.79 Å². The number of methoxy groups -OCH3 is 1. The molecule has 0 aliphatic carbocycles. The number of esters is 1. The van der Waals surface area contributed by atoms with Gasteiger partial charge in [-0.3, -0.25) is 4.79 Å². The van der Waals surface area contributed by atoms with Gasteiger partial charge in [-0.15, -0.1) is 0 Å². The molecule has 0 radical (unpaired) electrons. The Bertz CT molecular complexity index is 678. The number of benzene rings is 1. The third-order valence-corrected chi connectivity index (χ3v) is 4.03. The zero-order valence-electron chi connectivity index (χ0n) is 13.2. The summed E-state index contributed by atoms with van der Waals surface area (Å²) in [5.41, 5.74) is 1.32. The highest BCUT2D eigenvalue weighted by molar-refractivity contribution is 7.80. The van der Waals surface area contributed by atoms with E-state index in [1.807, 2.05) is 12.1 Å². The molecule has 24 heavy (non-hydrogen) atoms. The Morgan fingerprint density at radius 2 is 2.17 bits per heavy atom. The minimum atomic E-state index is -0.631. The van der Waals surface area contributed by atoms with E-state index in [4.69, 9.17) is 31.2 Å². The number of nitrogens with one attached hydrogen (secondary N) is 2. The van der Waals surface area contributed by atoms with Crippen LogP contribution < -0.4 is 20.1 Å². The number of rotatable bonds is 5. The number of carbonyl (C=O) groups excluding carboxylic acids is 1. The summed E-state index contributed by atoms with van der Waals surface area (Å²) >= 11 is 5.19. The van der Waals surface area contributed by atoms with Crippen LogP contribution in [0.5, 0.6) is 11.5 Å². The van der Waals surface area contributed by atoms with Crippen LogP contribution in [0.25, 0.3) is 0 Å². The highest BCUT2D eigenvalue weighted by Crippen LogP contribution is 2.37. The molecule has 2 heterocycles. The second kappa shape index (κ2) is 7.06. The van der Waals surface area contributed by atoms with Crippen LogP contribution in [0.4, 0.5) is 0 Å². The van der Waals surface area contributed by atoms with E-state index in [9.17, 15) is 4.79 Å². The Balaban J connectivity index is 1.85. The van der Waals surface area contributed by atoms with Crippen LogP contribution in [0.3, 0.4) is 0 Å². The molecular weight excluding hydrogens is 332 g/mol. The first-order chi connectivity index (χ1) is 11.6. The zero-order valence-corrected chi connectivity index (χ0v) is 14.0. The lowest BCUT2D eigenvalue weighted by Gasteiger charge is -2.34. The maximum Gasteiger partial charge on any atom is 0.317 e. The topological polar surface area (TPSA) is 78.0 Å². The molecule has 2 N–H and O–H groups in total. The minimum Gasteiger partial charge on any atom is -0.463 e. The summed E-state index contributed by atoms with van der Waals surface area (Å²) in [7, 11) is 1.55. The maximum absolute atomic E-state index is 12.5. The van der Waals surface area contributed by atoms with E-state index in [1.165, 1.54) is 0 Å². The molecule has 0 saturated carbocycles. The Kier molecular flexibility index (Phi) is 4.86. The smallest absolute Gasteiger partial charge is 0.317 e. The molecule has 128 valence electrons. The lowest BCUT2D eigenvalue weighted by molar-refractivity contribution is -0.149. The fourth-order valence-electron chi connectivity index (χ4n) is 2.66. The van der Waals surface area contributed by atoms with Gasteiger partial charge in [0.1, 0.15) is 12.5 Å². The molecule has 0 bridgehead atoms. The second-order valence-electron chi connectivity index (χ2n) is 5.35. The normalized spacial score (nSPS) is 21.9. The lowest BCUT2D eigenvalue weighted by Crippen LogP contribution is -2.51. The molecule has 3 rings (SSSR count). The summed E-state index contributed by atoms with van der Waals surface area (Å²) in [6, 6.07) is 5.09. The molecule has 0 aromatic heterocycles. The Morgan fingerprint density at radius 3 is 2.96 bits per heavy atom. The van der Waals surface area contributed by atoms with Gasteiger partial charge in [0, 0.05) is 12.8 Å². The van der Waals surface area contributed by atoms with Crippen molar-refractivity contribution < 1.29 is 23.7 Å². The summed E-state index contributed by atoms with van der Waals surface area (Å²) in [5, 5.41) is 6.40. The Labute approximate surface area is 144 Å². The van der Waals surface area contributed by atoms with Crippen LogP contribution >= 0.6 is 12.2 Å². The Hall–Kier alpha value is -2.32. The molecule has 1 fully saturated rings. The van der Waals surface area contributed by atoms with Crippen molar-refractivity contribution in [3.05, 3.63) is 36.0 Å². The molecule has 0 unspecified atom stereocenters. The Morgan fingerprint density at radius 1 is 1.38 bits per heavy atom. The average molecular weight is 350 g/mol. The number of carbonyl (C=O) groups is 1. The highest BCUT2D eigenvalue weighted by Gasteiger charge is 2.38. The zero-order chi connectivity index (χ0) is 17.1. The first-order valence-corrected chi connectivity index (χ1v) is 7.82. The van der Waals surface area contributed by atoms with Gasteiger partial charge >= 0.3 is 5.97 Å². The van der Waals surface area contributed by atoms with Crippen molar-refractivity contribution in [1.29, 1.82) is 0 Å². The van der Waals surface area contributed by atoms with E-state index >= 15 is 0 Å². The van der Waals surface area contributed by atoms with Crippen molar-refractivity contribution in [2.75, 3.05) is 27.1 Å². The van der Waals surface area contributed by atoms with Crippen LogP contribution in [0.1, 0.15) is 11.6 Å². The third kappa shape index (κ3) is 3.29. The summed E-state index contributed by atoms with van der Waals surface area (Å²) in [6.45, 7) is 4.61. The molecule has 2 aliphatic rings. The summed E-state index contributed by atoms with van der Waals surface area (Å²) in [5.74, 6) is 0.278. The fraction of sp³-hybridized carbons (Fsp3) is 0.375. The number of ether oxygens (including phenoxy) is 4. The number of thiocarbonyl (C=S) groups is 1. The summed E-state index contributed by atoms with van der Waals surface area (Å²) < 4.78 is 20.9. The van der Waals surface area contributed by atoms with E-state index in [-0.39, 0.29) is 13.4 Å². The van der Waals surface area contributed by atoms with Gasteiger partial charge in [0.25, 0.3) is 0 Å². The molecule has 0 spiro atoms. The molecule has 8 heteroatoms. The van der Waals surface area contributed by atoms with E-state index in [1.54, 1.807) is 13.2 Å². The van der Waals surface area contributed by atoms with Crippen molar-refractivity contribution in [2.45, 2.75) is 6.04 Å². The minimum absolute atomic E-state index is 0.178. The standard InChI is InChI=1S/C16H18N2O5S/c1-9-13(15(19)21-6-5-20-2)14(18-16(24)17-9)10-3-4-11-12(7-10)23-8-22-11/h3-4,7,13-14H,1,5-6,8H2,2H3,(H2,17,18,24)/t13-,14-/m0/s1. The summed E-state index contributed by atoms with van der Waals surface area (Å²) in [6.07, 6.45) is 0. The van der Waals surface area contributed by atoms with Gasteiger partial charge in [0.15, 0.2) is 16.6 Å². The monoisotopic (exact) mass is 350 g/mol. The molecule has 0 amide bonds. The average Bonchev–Trinajstić information content (AvgIpc) is 3.01. The molecular formula is C16H18N2O5S. The second-order valence-corrected chi connectivity index (χ2v) is 5.76. The van der Waals surface area contributed by atoms with E-state index in [0.717, 1.165) is 5.56 Å². The molecule has 2 aliphatic heterocycles. The van der Waals surface area contributed by atoms with Gasteiger partial charge in [-0.25, -0.2) is 0 Å². The van der Waals surface area contributed by atoms with Crippen molar-refractivity contribution >= 4 is 23.3 Å². The van der Waals surface area contributed by atoms with Gasteiger partial charge in [-0.1, -0.05) is 12.6 Å². The van der Waals surface area contributed by atoms with Crippen molar-refractivity contribution in [2.24, 2.45) is 5.92 Å². The van der Waals surface area contributed by atoms with E-state index in [0.29, 0.717) is 28.9 Å². The number of hydrogen-bond donors (Lipinski definition) is 2.